The molecule has 0 radical (unpaired) electrons. The Bertz CT molecular complexity index is 1610. The zero-order valence-corrected chi connectivity index (χ0v) is 27.6. The van der Waals surface area contributed by atoms with E-state index >= 15 is 0 Å². The van der Waals surface area contributed by atoms with Crippen LogP contribution in [0.5, 0.6) is 0 Å². The number of halogens is 3. The molecule has 1 heterocycles. The van der Waals surface area contributed by atoms with Crippen LogP contribution in [0.1, 0.15) is 56.9 Å². The third-order valence-corrected chi connectivity index (χ3v) is 9.61. The number of nitrogens with one attached hydrogen (secondary N) is 3. The van der Waals surface area contributed by atoms with Crippen molar-refractivity contribution in [1.29, 1.82) is 0 Å². The molecule has 0 fully saturated rings. The highest BCUT2D eigenvalue weighted by Gasteiger charge is 2.47. The monoisotopic (exact) mass is 675 g/mol. The number of hydrogen-bond donors (Lipinski definition) is 5. The van der Waals surface area contributed by atoms with E-state index in [2.05, 4.69) is 15.6 Å². The number of aromatic nitrogens is 1. The summed E-state index contributed by atoms with van der Waals surface area (Å²) in [6.07, 6.45) is -0.454. The van der Waals surface area contributed by atoms with E-state index in [0.29, 0.717) is 28.5 Å². The molecule has 1 aromatic heterocycles. The molecule has 248 valence electrons. The summed E-state index contributed by atoms with van der Waals surface area (Å²) in [6, 6.07) is 9.23. The topological polar surface area (TPSA) is 141 Å². The minimum Gasteiger partial charge on any atom is -0.465 e. The van der Waals surface area contributed by atoms with Gasteiger partial charge in [-0.3, -0.25) is 18.9 Å². The molecule has 1 aliphatic rings. The van der Waals surface area contributed by atoms with E-state index in [1.165, 1.54) is 12.1 Å². The van der Waals surface area contributed by atoms with Crippen LogP contribution < -0.4 is 16.4 Å². The highest BCUT2D eigenvalue weighted by Crippen LogP contribution is 2.38. The van der Waals surface area contributed by atoms with E-state index in [0.717, 1.165) is 10.6 Å². The Balaban J connectivity index is 1.80. The Morgan fingerprint density at radius 3 is 2.50 bits per heavy atom. The van der Waals surface area contributed by atoms with Crippen molar-refractivity contribution in [3.05, 3.63) is 70.1 Å². The average Bonchev–Trinajstić information content (AvgIpc) is 3.37. The van der Waals surface area contributed by atoms with Crippen LogP contribution in [0.4, 0.5) is 13.6 Å². The molecule has 13 heteroatoms. The fourth-order valence-corrected chi connectivity index (χ4v) is 6.79. The number of rotatable bonds is 13. The Kier molecular flexibility index (Phi) is 11.3. The second-order valence-corrected chi connectivity index (χ2v) is 13.1. The van der Waals surface area contributed by atoms with Gasteiger partial charge < -0.3 is 26.5 Å². The van der Waals surface area contributed by atoms with Gasteiger partial charge in [0, 0.05) is 24.0 Å². The summed E-state index contributed by atoms with van der Waals surface area (Å²) >= 11 is 11.6. The van der Waals surface area contributed by atoms with Crippen molar-refractivity contribution in [2.45, 2.75) is 77.0 Å². The first kappa shape index (κ1) is 35.1. The smallest absolute Gasteiger partial charge is 0.408 e. The Morgan fingerprint density at radius 1 is 1.20 bits per heavy atom. The lowest BCUT2D eigenvalue weighted by Gasteiger charge is -2.41. The van der Waals surface area contributed by atoms with Gasteiger partial charge in [0.1, 0.15) is 17.4 Å². The number of alkyl halides is 1. The van der Waals surface area contributed by atoms with Crippen LogP contribution in [-0.4, -0.2) is 62.2 Å². The fourth-order valence-electron chi connectivity index (χ4n) is 6.25. The molecule has 3 amide bonds. The Hall–Kier alpha value is -3.77. The standard InChI is InChI=1S/C33H40ClF2N5O4S/c1-4-18(2)26(29(37)46)39-31(43)33(12-10-25-23(16-33)22-14-21(36)15-24(34)27(22)38-25)40-30(42)28(19(3)11-13-35)41(32(44)45)17-20-8-6-5-7-9-20/h5-9,14-15,18-19,26,28,38H,4,10-13,16-17H2,1-3H3,(H2,37,46)(H,39,43)(H,40,42)(H,44,45)/t18-,19?,26-,28?,33+/m0/s1. The number of hydrogen-bond acceptors (Lipinski definition) is 4. The lowest BCUT2D eigenvalue weighted by molar-refractivity contribution is -0.138. The van der Waals surface area contributed by atoms with E-state index in [1.54, 1.807) is 37.3 Å². The van der Waals surface area contributed by atoms with Gasteiger partial charge in [-0.05, 0) is 54.4 Å². The van der Waals surface area contributed by atoms with Crippen LogP contribution in [-0.2, 0) is 29.0 Å². The van der Waals surface area contributed by atoms with E-state index in [4.69, 9.17) is 29.6 Å². The number of nitrogens with two attached hydrogens (primary N) is 1. The van der Waals surface area contributed by atoms with Crippen molar-refractivity contribution in [3.63, 3.8) is 0 Å². The van der Waals surface area contributed by atoms with Crippen molar-refractivity contribution in [2.24, 2.45) is 17.6 Å². The van der Waals surface area contributed by atoms with Crippen molar-refractivity contribution >= 4 is 57.6 Å². The summed E-state index contributed by atoms with van der Waals surface area (Å²) in [5, 5.41) is 16.8. The molecule has 2 aromatic carbocycles. The number of aromatic amines is 1. The van der Waals surface area contributed by atoms with E-state index in [9.17, 15) is 28.3 Å². The number of thiocarbonyl (C=S) groups is 1. The molecule has 4 rings (SSSR count). The molecule has 0 bridgehead atoms. The molecule has 0 aliphatic heterocycles. The molecule has 6 N–H and O–H groups in total. The van der Waals surface area contributed by atoms with Gasteiger partial charge in [0.15, 0.2) is 0 Å². The fraction of sp³-hybridized carbons (Fsp3) is 0.455. The highest BCUT2D eigenvalue weighted by atomic mass is 35.5. The Morgan fingerprint density at radius 2 is 1.89 bits per heavy atom. The number of nitrogens with zero attached hydrogens (tertiary/aromatic N) is 1. The summed E-state index contributed by atoms with van der Waals surface area (Å²) in [5.74, 6) is -2.75. The Labute approximate surface area is 277 Å². The van der Waals surface area contributed by atoms with Gasteiger partial charge >= 0.3 is 6.09 Å². The first-order chi connectivity index (χ1) is 21.8. The van der Waals surface area contributed by atoms with Gasteiger partial charge in [0.25, 0.3) is 0 Å². The predicted molar refractivity (Wildman–Crippen MR) is 178 cm³/mol. The number of amides is 3. The number of aryl methyl sites for hydroxylation is 1. The van der Waals surface area contributed by atoms with Crippen LogP contribution in [0.2, 0.25) is 5.02 Å². The maximum Gasteiger partial charge on any atom is 0.408 e. The van der Waals surface area contributed by atoms with E-state index in [1.807, 2.05) is 13.8 Å². The number of carboxylic acid groups (broad SMARTS) is 1. The maximum atomic E-state index is 14.5. The summed E-state index contributed by atoms with van der Waals surface area (Å²) < 4.78 is 28.2. The van der Waals surface area contributed by atoms with Gasteiger partial charge in [-0.2, -0.15) is 0 Å². The molecular formula is C33H40ClF2N5O4S. The summed E-state index contributed by atoms with van der Waals surface area (Å²) in [7, 11) is 0. The van der Waals surface area contributed by atoms with Gasteiger partial charge in [-0.25, -0.2) is 9.18 Å². The first-order valence-electron chi connectivity index (χ1n) is 15.3. The van der Waals surface area contributed by atoms with Gasteiger partial charge in [0.2, 0.25) is 11.8 Å². The van der Waals surface area contributed by atoms with Crippen molar-refractivity contribution < 1.29 is 28.3 Å². The van der Waals surface area contributed by atoms with Crippen LogP contribution in [0, 0.1) is 17.7 Å². The molecule has 46 heavy (non-hydrogen) atoms. The average molecular weight is 676 g/mol. The zero-order chi connectivity index (χ0) is 33.8. The minimum absolute atomic E-state index is 0.0553. The third-order valence-electron chi connectivity index (χ3n) is 9.05. The number of carbonyl (C=O) groups is 3. The van der Waals surface area contributed by atoms with Crippen LogP contribution in [0.25, 0.3) is 10.9 Å². The molecule has 3 aromatic rings. The molecule has 1 aliphatic carbocycles. The lowest BCUT2D eigenvalue weighted by Crippen LogP contribution is -2.67. The van der Waals surface area contributed by atoms with Gasteiger partial charge in [0.05, 0.1) is 28.2 Å². The number of carbonyl (C=O) groups excluding carboxylic acids is 2. The van der Waals surface area contributed by atoms with Crippen LogP contribution in [0.3, 0.4) is 0 Å². The van der Waals surface area contributed by atoms with E-state index < -0.39 is 53.9 Å². The van der Waals surface area contributed by atoms with Crippen LogP contribution in [0.15, 0.2) is 42.5 Å². The minimum atomic E-state index is -1.61. The van der Waals surface area contributed by atoms with Crippen molar-refractivity contribution in [2.75, 3.05) is 6.67 Å². The molecule has 9 nitrogen and oxygen atoms in total. The normalized spacial score (nSPS) is 18.6. The highest BCUT2D eigenvalue weighted by molar-refractivity contribution is 7.80. The third kappa shape index (κ3) is 7.44. The molecule has 5 atom stereocenters. The summed E-state index contributed by atoms with van der Waals surface area (Å²) in [5.41, 5.74) is 6.90. The molecular weight excluding hydrogens is 636 g/mol. The quantitative estimate of drug-likeness (QED) is 0.148. The lowest BCUT2D eigenvalue weighted by atomic mass is 9.78. The SMILES string of the molecule is CC[C@H](C)[C@H](NC(=O)[C@@]1(NC(=O)C(C(C)CCF)N(Cc2ccccc2)C(=O)O)CCc2[nH]c3c(Cl)cc(F)cc3c2C1)C(N)=S. The molecule has 0 saturated heterocycles. The largest absolute Gasteiger partial charge is 0.465 e. The number of benzene rings is 2. The van der Waals surface area contributed by atoms with Crippen molar-refractivity contribution in [1.82, 2.24) is 20.5 Å². The van der Waals surface area contributed by atoms with Gasteiger partial charge in [-0.1, -0.05) is 81.3 Å². The summed E-state index contributed by atoms with van der Waals surface area (Å²) in [4.78, 5) is 45.6. The second-order valence-electron chi connectivity index (χ2n) is 12.2. The second kappa shape index (κ2) is 14.8. The molecule has 2 unspecified atom stereocenters. The number of fused-ring (bicyclic) bond motifs is 3. The van der Waals surface area contributed by atoms with Crippen molar-refractivity contribution in [3.8, 4) is 0 Å². The van der Waals surface area contributed by atoms with Gasteiger partial charge in [-0.15, -0.1) is 0 Å². The maximum absolute atomic E-state index is 14.5. The first-order valence-corrected chi connectivity index (χ1v) is 16.1. The predicted octanol–water partition coefficient (Wildman–Crippen LogP) is 5.67. The van der Waals surface area contributed by atoms with Crippen LogP contribution >= 0.6 is 23.8 Å². The molecule has 0 spiro atoms. The number of H-pyrrole nitrogens is 1. The van der Waals surface area contributed by atoms with E-state index in [-0.39, 0.29) is 48.2 Å². The summed E-state index contributed by atoms with van der Waals surface area (Å²) in [6.45, 7) is 4.52. The molecule has 0 saturated carbocycles. The zero-order valence-electron chi connectivity index (χ0n) is 26.0.